The Morgan fingerprint density at radius 2 is 1.86 bits per heavy atom. The van der Waals surface area contributed by atoms with Crippen molar-refractivity contribution in [2.24, 2.45) is 0 Å². The van der Waals surface area contributed by atoms with Crippen LogP contribution in [-0.2, 0) is 16.1 Å². The molecule has 0 bridgehead atoms. The van der Waals surface area contributed by atoms with Crippen LogP contribution in [0, 0.1) is 5.82 Å². The van der Waals surface area contributed by atoms with Gasteiger partial charge in [0.2, 0.25) is 0 Å². The lowest BCUT2D eigenvalue weighted by atomic mass is 10.0. The first-order chi connectivity index (χ1) is 10.7. The minimum Gasteiger partial charge on any atom is -0.374 e. The first kappa shape index (κ1) is 15.2. The van der Waals surface area contributed by atoms with Gasteiger partial charge in [-0.3, -0.25) is 0 Å². The van der Waals surface area contributed by atoms with Crippen molar-refractivity contribution in [2.75, 3.05) is 6.61 Å². The van der Waals surface area contributed by atoms with E-state index in [4.69, 9.17) is 9.47 Å². The Hall–Kier alpha value is -1.71. The zero-order chi connectivity index (χ0) is 15.4. The fourth-order valence-corrected chi connectivity index (χ4v) is 2.90. The van der Waals surface area contributed by atoms with Gasteiger partial charge in [0.15, 0.2) is 0 Å². The van der Waals surface area contributed by atoms with Gasteiger partial charge in [-0.1, -0.05) is 48.5 Å². The number of hydrogen-bond acceptors (Lipinski definition) is 2. The third kappa shape index (κ3) is 3.54. The van der Waals surface area contributed by atoms with Crippen LogP contribution < -0.4 is 0 Å². The molecule has 2 aromatic rings. The molecular formula is C19H21FO2. The molecule has 0 saturated carbocycles. The lowest BCUT2D eigenvalue weighted by Crippen LogP contribution is -2.30. The zero-order valence-corrected chi connectivity index (χ0v) is 12.8. The maximum Gasteiger partial charge on any atom is 0.128 e. The maximum absolute atomic E-state index is 13.6. The SMILES string of the molecule is CC1(COCc2ccccc2F)CCC(c2ccccc2)O1. The Morgan fingerprint density at radius 3 is 2.64 bits per heavy atom. The predicted molar refractivity (Wildman–Crippen MR) is 84.0 cm³/mol. The molecule has 0 aromatic heterocycles. The normalized spacial score (nSPS) is 24.5. The van der Waals surface area contributed by atoms with Crippen LogP contribution in [-0.4, -0.2) is 12.2 Å². The van der Waals surface area contributed by atoms with Crippen molar-refractivity contribution in [3.05, 3.63) is 71.5 Å². The van der Waals surface area contributed by atoms with Gasteiger partial charge in [0.05, 0.1) is 24.9 Å². The highest BCUT2D eigenvalue weighted by molar-refractivity contribution is 5.19. The van der Waals surface area contributed by atoms with Crippen LogP contribution in [0.25, 0.3) is 0 Å². The summed E-state index contributed by atoms with van der Waals surface area (Å²) in [7, 11) is 0. The van der Waals surface area contributed by atoms with Gasteiger partial charge in [0, 0.05) is 5.56 Å². The van der Waals surface area contributed by atoms with Gasteiger partial charge in [-0.05, 0) is 31.4 Å². The van der Waals surface area contributed by atoms with Crippen LogP contribution in [0.1, 0.15) is 37.0 Å². The molecule has 2 atom stereocenters. The molecule has 116 valence electrons. The summed E-state index contributed by atoms with van der Waals surface area (Å²) in [6.07, 6.45) is 2.07. The lowest BCUT2D eigenvalue weighted by Gasteiger charge is -2.25. The van der Waals surface area contributed by atoms with Crippen molar-refractivity contribution in [1.29, 1.82) is 0 Å². The molecule has 3 rings (SSSR count). The van der Waals surface area contributed by atoms with Gasteiger partial charge in [-0.25, -0.2) is 4.39 Å². The highest BCUT2D eigenvalue weighted by Gasteiger charge is 2.36. The molecule has 2 unspecified atom stereocenters. The van der Waals surface area contributed by atoms with Crippen molar-refractivity contribution >= 4 is 0 Å². The van der Waals surface area contributed by atoms with Gasteiger partial charge >= 0.3 is 0 Å². The van der Waals surface area contributed by atoms with Crippen molar-refractivity contribution in [2.45, 2.75) is 38.1 Å². The lowest BCUT2D eigenvalue weighted by molar-refractivity contribution is -0.0852. The Balaban J connectivity index is 1.54. The quantitative estimate of drug-likeness (QED) is 0.800. The molecule has 1 aliphatic heterocycles. The van der Waals surface area contributed by atoms with E-state index < -0.39 is 0 Å². The van der Waals surface area contributed by atoms with Crippen LogP contribution in [0.15, 0.2) is 54.6 Å². The summed E-state index contributed by atoms with van der Waals surface area (Å²) in [5, 5.41) is 0. The Labute approximate surface area is 130 Å². The molecule has 0 N–H and O–H groups in total. The Bertz CT molecular complexity index is 614. The summed E-state index contributed by atoms with van der Waals surface area (Å²) in [6.45, 7) is 2.82. The molecule has 0 aliphatic carbocycles. The molecule has 2 nitrogen and oxygen atoms in total. The van der Waals surface area contributed by atoms with E-state index in [1.807, 2.05) is 24.3 Å². The monoisotopic (exact) mass is 300 g/mol. The van der Waals surface area contributed by atoms with Gasteiger partial charge in [-0.15, -0.1) is 0 Å². The molecule has 1 fully saturated rings. The van der Waals surface area contributed by atoms with E-state index in [9.17, 15) is 4.39 Å². The molecule has 1 saturated heterocycles. The number of halogens is 1. The third-order valence-corrected chi connectivity index (χ3v) is 4.16. The summed E-state index contributed by atoms with van der Waals surface area (Å²) in [5.41, 5.74) is 1.50. The second-order valence-corrected chi connectivity index (χ2v) is 6.09. The van der Waals surface area contributed by atoms with Gasteiger partial charge in [0.1, 0.15) is 5.82 Å². The van der Waals surface area contributed by atoms with Crippen molar-refractivity contribution in [1.82, 2.24) is 0 Å². The fraction of sp³-hybridized carbons (Fsp3) is 0.368. The number of rotatable bonds is 5. The van der Waals surface area contributed by atoms with E-state index in [1.54, 1.807) is 12.1 Å². The van der Waals surface area contributed by atoms with E-state index >= 15 is 0 Å². The predicted octanol–water partition coefficient (Wildman–Crippen LogP) is 4.65. The Morgan fingerprint density at radius 1 is 1.14 bits per heavy atom. The van der Waals surface area contributed by atoms with Gasteiger partial charge < -0.3 is 9.47 Å². The largest absolute Gasteiger partial charge is 0.374 e. The van der Waals surface area contributed by atoms with Crippen LogP contribution in [0.2, 0.25) is 0 Å². The number of hydrogen-bond donors (Lipinski definition) is 0. The van der Waals surface area contributed by atoms with Crippen molar-refractivity contribution in [3.8, 4) is 0 Å². The van der Waals surface area contributed by atoms with Crippen LogP contribution in [0.3, 0.4) is 0 Å². The topological polar surface area (TPSA) is 18.5 Å². The number of benzene rings is 2. The summed E-state index contributed by atoms with van der Waals surface area (Å²) in [5.74, 6) is -0.220. The van der Waals surface area contributed by atoms with E-state index in [2.05, 4.69) is 19.1 Å². The highest BCUT2D eigenvalue weighted by atomic mass is 19.1. The summed E-state index contributed by atoms with van der Waals surface area (Å²) >= 11 is 0. The minimum atomic E-state index is -0.300. The van der Waals surface area contributed by atoms with E-state index in [-0.39, 0.29) is 24.1 Å². The average molecular weight is 300 g/mol. The second kappa shape index (κ2) is 6.59. The fourth-order valence-electron chi connectivity index (χ4n) is 2.90. The van der Waals surface area contributed by atoms with E-state index in [0.29, 0.717) is 12.2 Å². The van der Waals surface area contributed by atoms with Crippen LogP contribution in [0.4, 0.5) is 4.39 Å². The summed E-state index contributed by atoms with van der Waals surface area (Å²) < 4.78 is 25.4. The molecular weight excluding hydrogens is 279 g/mol. The minimum absolute atomic E-state index is 0.128. The standard InChI is InChI=1S/C19H21FO2/c1-19(14-21-13-16-9-5-6-10-17(16)20)12-11-18(22-19)15-7-3-2-4-8-15/h2-10,18H,11-14H2,1H3. The molecule has 1 aliphatic rings. The first-order valence-corrected chi connectivity index (χ1v) is 7.70. The third-order valence-electron chi connectivity index (χ3n) is 4.16. The molecule has 22 heavy (non-hydrogen) atoms. The van der Waals surface area contributed by atoms with Crippen molar-refractivity contribution in [3.63, 3.8) is 0 Å². The summed E-state index contributed by atoms with van der Waals surface area (Å²) in [4.78, 5) is 0. The molecule has 3 heteroatoms. The molecule has 0 amide bonds. The number of ether oxygens (including phenoxy) is 2. The molecule has 1 heterocycles. The molecule has 2 aromatic carbocycles. The molecule has 0 spiro atoms. The zero-order valence-electron chi connectivity index (χ0n) is 12.8. The van der Waals surface area contributed by atoms with E-state index in [1.165, 1.54) is 11.6 Å². The van der Waals surface area contributed by atoms with Gasteiger partial charge in [0.25, 0.3) is 0 Å². The van der Waals surface area contributed by atoms with Gasteiger partial charge in [-0.2, -0.15) is 0 Å². The molecule has 0 radical (unpaired) electrons. The Kier molecular flexibility index (Phi) is 4.55. The smallest absolute Gasteiger partial charge is 0.128 e. The maximum atomic E-state index is 13.6. The van der Waals surface area contributed by atoms with Crippen LogP contribution >= 0.6 is 0 Å². The first-order valence-electron chi connectivity index (χ1n) is 7.70. The summed E-state index contributed by atoms with van der Waals surface area (Å²) in [6, 6.07) is 17.0. The van der Waals surface area contributed by atoms with Crippen LogP contribution in [0.5, 0.6) is 0 Å². The average Bonchev–Trinajstić information content (AvgIpc) is 2.93. The highest BCUT2D eigenvalue weighted by Crippen LogP contribution is 2.39. The second-order valence-electron chi connectivity index (χ2n) is 6.09. The van der Waals surface area contributed by atoms with E-state index in [0.717, 1.165) is 12.8 Å². The van der Waals surface area contributed by atoms with Crippen molar-refractivity contribution < 1.29 is 13.9 Å².